The first kappa shape index (κ1) is 15.6. The zero-order chi connectivity index (χ0) is 15.8. The maximum absolute atomic E-state index is 12.7. The third-order valence-electron chi connectivity index (χ3n) is 3.35. The van der Waals surface area contributed by atoms with Crippen LogP contribution in [0.15, 0.2) is 18.2 Å². The number of hydrogen-bond donors (Lipinski definition) is 0. The van der Waals surface area contributed by atoms with Crippen LogP contribution in [-0.4, -0.2) is 24.8 Å². The molecule has 1 aliphatic heterocycles. The summed E-state index contributed by atoms with van der Waals surface area (Å²) >= 11 is 0. The number of hydrogen-bond acceptors (Lipinski definition) is 3. The molecule has 1 fully saturated rings. The Bertz CT molecular complexity index is 575. The molecule has 1 aromatic rings. The van der Waals surface area contributed by atoms with Crippen LogP contribution in [0, 0.1) is 11.3 Å². The van der Waals surface area contributed by atoms with Gasteiger partial charge in [-0.15, -0.1) is 0 Å². The molecule has 1 heterocycles. The normalized spacial score (nSPS) is 22.0. The Balaban J connectivity index is 2.38. The van der Waals surface area contributed by atoms with E-state index in [0.717, 1.165) is 12.1 Å². The van der Waals surface area contributed by atoms with E-state index in [2.05, 4.69) is 0 Å². The molecule has 1 aliphatic rings. The number of ether oxygens (including phenoxy) is 1. The summed E-state index contributed by atoms with van der Waals surface area (Å²) in [6.45, 7) is 6.82. The average molecular weight is 298 g/mol. The van der Waals surface area contributed by atoms with E-state index in [-0.39, 0.29) is 11.7 Å². The molecule has 1 saturated heterocycles. The molecule has 0 spiro atoms. The monoisotopic (exact) mass is 298 g/mol. The second-order valence-corrected chi connectivity index (χ2v) is 5.91. The molecule has 0 N–H and O–H groups in total. The number of alkyl halides is 3. The van der Waals surface area contributed by atoms with Crippen molar-refractivity contribution in [3.63, 3.8) is 0 Å². The Hall–Kier alpha value is -1.74. The average Bonchev–Trinajstić information content (AvgIpc) is 2.34. The Morgan fingerprint density at radius 3 is 2.57 bits per heavy atom. The van der Waals surface area contributed by atoms with Crippen molar-refractivity contribution in [1.82, 2.24) is 0 Å². The number of halogens is 3. The fourth-order valence-corrected chi connectivity index (χ4v) is 2.71. The lowest BCUT2D eigenvalue weighted by Gasteiger charge is -2.43. The van der Waals surface area contributed by atoms with Gasteiger partial charge < -0.3 is 9.64 Å². The van der Waals surface area contributed by atoms with Crippen LogP contribution in [-0.2, 0) is 10.9 Å². The maximum atomic E-state index is 12.7. The molecule has 6 heteroatoms. The van der Waals surface area contributed by atoms with Crippen molar-refractivity contribution in [1.29, 1.82) is 5.26 Å². The molecule has 21 heavy (non-hydrogen) atoms. The van der Waals surface area contributed by atoms with Gasteiger partial charge in [-0.1, -0.05) is 0 Å². The number of rotatable bonds is 1. The van der Waals surface area contributed by atoms with E-state index in [1.807, 2.05) is 31.7 Å². The molecule has 3 nitrogen and oxygen atoms in total. The fourth-order valence-electron chi connectivity index (χ4n) is 2.71. The van der Waals surface area contributed by atoms with Crippen molar-refractivity contribution in [2.75, 3.05) is 18.0 Å². The predicted octanol–water partition coefficient (Wildman–Crippen LogP) is 3.58. The Morgan fingerprint density at radius 1 is 1.38 bits per heavy atom. The molecule has 0 amide bonds. The van der Waals surface area contributed by atoms with Crippen molar-refractivity contribution in [3.8, 4) is 6.07 Å². The minimum absolute atomic E-state index is 0.0368. The van der Waals surface area contributed by atoms with Crippen LogP contribution < -0.4 is 4.90 Å². The summed E-state index contributed by atoms with van der Waals surface area (Å²) in [6.07, 6.45) is -4.50. The summed E-state index contributed by atoms with van der Waals surface area (Å²) < 4.78 is 43.9. The molecule has 0 radical (unpaired) electrons. The van der Waals surface area contributed by atoms with Gasteiger partial charge in [0.15, 0.2) is 0 Å². The molecule has 0 aliphatic carbocycles. The first-order valence-corrected chi connectivity index (χ1v) is 6.66. The highest BCUT2D eigenvalue weighted by molar-refractivity contribution is 5.61. The highest BCUT2D eigenvalue weighted by Gasteiger charge is 2.34. The number of anilines is 1. The number of nitriles is 1. The lowest BCUT2D eigenvalue weighted by atomic mass is 10.0. The summed E-state index contributed by atoms with van der Waals surface area (Å²) in [6, 6.07) is 5.16. The lowest BCUT2D eigenvalue weighted by molar-refractivity contribution is -0.137. The van der Waals surface area contributed by atoms with Gasteiger partial charge in [0.25, 0.3) is 0 Å². The zero-order valence-corrected chi connectivity index (χ0v) is 12.2. The van der Waals surface area contributed by atoms with Crippen molar-refractivity contribution >= 4 is 5.69 Å². The van der Waals surface area contributed by atoms with Crippen LogP contribution in [0.25, 0.3) is 0 Å². The van der Waals surface area contributed by atoms with E-state index in [4.69, 9.17) is 10.00 Å². The molecule has 114 valence electrons. The number of nitrogens with zero attached hydrogens (tertiary/aromatic N) is 2. The van der Waals surface area contributed by atoms with Gasteiger partial charge in [0.2, 0.25) is 0 Å². The zero-order valence-electron chi connectivity index (χ0n) is 12.2. The van der Waals surface area contributed by atoms with Crippen LogP contribution in [0.3, 0.4) is 0 Å². The van der Waals surface area contributed by atoms with E-state index in [1.54, 1.807) is 0 Å². The molecule has 0 aromatic heterocycles. The minimum Gasteiger partial charge on any atom is -0.369 e. The van der Waals surface area contributed by atoms with Gasteiger partial charge in [-0.25, -0.2) is 0 Å². The molecule has 1 atom stereocenters. The molecule has 2 rings (SSSR count). The number of benzene rings is 1. The van der Waals surface area contributed by atoms with Gasteiger partial charge in [-0.3, -0.25) is 0 Å². The van der Waals surface area contributed by atoms with Gasteiger partial charge in [0, 0.05) is 13.1 Å². The molecule has 1 unspecified atom stereocenters. The van der Waals surface area contributed by atoms with E-state index in [1.165, 1.54) is 6.07 Å². The van der Waals surface area contributed by atoms with Crippen molar-refractivity contribution < 1.29 is 17.9 Å². The Labute approximate surface area is 121 Å². The first-order chi connectivity index (χ1) is 9.62. The largest absolute Gasteiger partial charge is 0.416 e. The van der Waals surface area contributed by atoms with Gasteiger partial charge in [0.1, 0.15) is 6.07 Å². The van der Waals surface area contributed by atoms with Crippen molar-refractivity contribution in [2.45, 2.75) is 38.7 Å². The predicted molar refractivity (Wildman–Crippen MR) is 73.0 cm³/mol. The van der Waals surface area contributed by atoms with Crippen LogP contribution >= 0.6 is 0 Å². The van der Waals surface area contributed by atoms with Gasteiger partial charge in [-0.05, 0) is 39.0 Å². The van der Waals surface area contributed by atoms with Crippen molar-refractivity contribution in [3.05, 3.63) is 29.3 Å². The van der Waals surface area contributed by atoms with Crippen LogP contribution in [0.5, 0.6) is 0 Å². The lowest BCUT2D eigenvalue weighted by Crippen LogP contribution is -2.52. The molecule has 0 saturated carbocycles. The second-order valence-electron chi connectivity index (χ2n) is 5.91. The van der Waals surface area contributed by atoms with Crippen LogP contribution in [0.1, 0.15) is 31.9 Å². The quantitative estimate of drug-likeness (QED) is 0.795. The molecular weight excluding hydrogens is 281 g/mol. The number of morpholine rings is 1. The van der Waals surface area contributed by atoms with Gasteiger partial charge in [0.05, 0.1) is 28.5 Å². The maximum Gasteiger partial charge on any atom is 0.416 e. The molecule has 1 aromatic carbocycles. The highest BCUT2D eigenvalue weighted by Crippen LogP contribution is 2.34. The first-order valence-electron chi connectivity index (χ1n) is 6.66. The van der Waals surface area contributed by atoms with Crippen molar-refractivity contribution in [2.24, 2.45) is 0 Å². The summed E-state index contributed by atoms with van der Waals surface area (Å²) in [5, 5.41) is 9.16. The summed E-state index contributed by atoms with van der Waals surface area (Å²) in [4.78, 5) is 1.91. The van der Waals surface area contributed by atoms with Crippen LogP contribution in [0.2, 0.25) is 0 Å². The third kappa shape index (κ3) is 3.48. The van der Waals surface area contributed by atoms with Crippen LogP contribution in [0.4, 0.5) is 18.9 Å². The SMILES string of the molecule is CC1CN(c2ccc(C(F)(F)F)cc2C#N)CC(C)(C)O1. The second kappa shape index (κ2) is 5.23. The standard InChI is InChI=1S/C15H17F3N2O/c1-10-8-20(9-14(2,3)21-10)13-5-4-12(15(16,17)18)6-11(13)7-19/h4-6,10H,8-9H2,1-3H3. The third-order valence-corrected chi connectivity index (χ3v) is 3.35. The van der Waals surface area contributed by atoms with E-state index >= 15 is 0 Å². The fraction of sp³-hybridized carbons (Fsp3) is 0.533. The minimum atomic E-state index is -4.44. The smallest absolute Gasteiger partial charge is 0.369 e. The van der Waals surface area contributed by atoms with E-state index < -0.39 is 17.3 Å². The van der Waals surface area contributed by atoms with Gasteiger partial charge in [-0.2, -0.15) is 18.4 Å². The summed E-state index contributed by atoms with van der Waals surface area (Å²) in [5.74, 6) is 0. The summed E-state index contributed by atoms with van der Waals surface area (Å²) in [7, 11) is 0. The Kier molecular flexibility index (Phi) is 3.89. The van der Waals surface area contributed by atoms with E-state index in [9.17, 15) is 13.2 Å². The highest BCUT2D eigenvalue weighted by atomic mass is 19.4. The molecule has 0 bridgehead atoms. The Morgan fingerprint density at radius 2 is 2.05 bits per heavy atom. The van der Waals surface area contributed by atoms with E-state index in [0.29, 0.717) is 18.8 Å². The summed E-state index contributed by atoms with van der Waals surface area (Å²) in [5.41, 5.74) is -0.653. The molecular formula is C15H17F3N2O. The van der Waals surface area contributed by atoms with Gasteiger partial charge >= 0.3 is 6.18 Å². The topological polar surface area (TPSA) is 36.3 Å².